The van der Waals surface area contributed by atoms with E-state index in [1.54, 1.807) is 0 Å². The van der Waals surface area contributed by atoms with Gasteiger partial charge in [-0.3, -0.25) is 4.79 Å². The first-order valence-electron chi connectivity index (χ1n) is 8.97. The lowest BCUT2D eigenvalue weighted by Crippen LogP contribution is -2.43. The second-order valence-corrected chi connectivity index (χ2v) is 7.57. The standard InChI is InChI=1S/C19H24F3NO3S/c1-3-4-5-6-7-16(24)23-15(18(25)26-2)12-27-17(23)13-8-10-14(11-9-13)19(20,21)22/h8-11,15,17H,3-7,12H2,1-2H3. The van der Waals surface area contributed by atoms with Gasteiger partial charge in [0.2, 0.25) is 5.91 Å². The second-order valence-electron chi connectivity index (χ2n) is 6.46. The van der Waals surface area contributed by atoms with Crippen LogP contribution in [0.25, 0.3) is 0 Å². The summed E-state index contributed by atoms with van der Waals surface area (Å²) in [6.07, 6.45) is -0.369. The van der Waals surface area contributed by atoms with Gasteiger partial charge in [0.1, 0.15) is 11.4 Å². The Labute approximate surface area is 161 Å². The molecule has 1 aromatic carbocycles. The third-order valence-electron chi connectivity index (χ3n) is 4.53. The average molecular weight is 403 g/mol. The molecule has 1 saturated heterocycles. The highest BCUT2D eigenvalue weighted by Crippen LogP contribution is 2.43. The van der Waals surface area contributed by atoms with E-state index in [-0.39, 0.29) is 5.91 Å². The van der Waals surface area contributed by atoms with Gasteiger partial charge in [-0.2, -0.15) is 13.2 Å². The van der Waals surface area contributed by atoms with Crippen molar-refractivity contribution in [1.82, 2.24) is 4.90 Å². The van der Waals surface area contributed by atoms with E-state index < -0.39 is 29.1 Å². The SMILES string of the molecule is CCCCCCC(=O)N1C(C(=O)OC)CSC1c1ccc(C(F)(F)F)cc1. The molecule has 1 amide bonds. The summed E-state index contributed by atoms with van der Waals surface area (Å²) in [7, 11) is 1.27. The van der Waals surface area contributed by atoms with Gasteiger partial charge in [0.25, 0.3) is 0 Å². The Hall–Kier alpha value is -1.70. The third-order valence-corrected chi connectivity index (χ3v) is 5.85. The maximum absolute atomic E-state index is 12.8. The molecule has 0 saturated carbocycles. The number of carbonyl (C=O) groups excluding carboxylic acids is 2. The highest BCUT2D eigenvalue weighted by atomic mass is 32.2. The maximum Gasteiger partial charge on any atom is 0.416 e. The van der Waals surface area contributed by atoms with E-state index in [1.807, 2.05) is 0 Å². The average Bonchev–Trinajstić information content (AvgIpc) is 3.09. The van der Waals surface area contributed by atoms with Crippen LogP contribution in [-0.4, -0.2) is 35.7 Å². The van der Waals surface area contributed by atoms with Crippen molar-refractivity contribution in [1.29, 1.82) is 0 Å². The molecule has 0 bridgehead atoms. The minimum Gasteiger partial charge on any atom is -0.467 e. The second kappa shape index (κ2) is 9.48. The van der Waals surface area contributed by atoms with Crippen molar-refractivity contribution in [3.8, 4) is 0 Å². The van der Waals surface area contributed by atoms with Gasteiger partial charge in [0.05, 0.1) is 12.7 Å². The van der Waals surface area contributed by atoms with Gasteiger partial charge in [-0.25, -0.2) is 4.79 Å². The Bertz CT molecular complexity index is 649. The number of hydrogen-bond acceptors (Lipinski definition) is 4. The third kappa shape index (κ3) is 5.40. The number of alkyl halides is 3. The van der Waals surface area contributed by atoms with Crippen LogP contribution < -0.4 is 0 Å². The van der Waals surface area contributed by atoms with Gasteiger partial charge in [0, 0.05) is 12.2 Å². The molecule has 0 N–H and O–H groups in total. The van der Waals surface area contributed by atoms with Crippen molar-refractivity contribution in [2.75, 3.05) is 12.9 Å². The van der Waals surface area contributed by atoms with Crippen molar-refractivity contribution in [2.24, 2.45) is 0 Å². The summed E-state index contributed by atoms with van der Waals surface area (Å²) in [5, 5.41) is -0.491. The molecular weight excluding hydrogens is 379 g/mol. The largest absolute Gasteiger partial charge is 0.467 e. The van der Waals surface area contributed by atoms with Crippen molar-refractivity contribution >= 4 is 23.6 Å². The minimum absolute atomic E-state index is 0.170. The Balaban J connectivity index is 2.20. The molecule has 4 nitrogen and oxygen atoms in total. The van der Waals surface area contributed by atoms with Crippen molar-refractivity contribution in [3.63, 3.8) is 0 Å². The van der Waals surface area contributed by atoms with Gasteiger partial charge in [-0.15, -0.1) is 11.8 Å². The van der Waals surface area contributed by atoms with Crippen molar-refractivity contribution in [3.05, 3.63) is 35.4 Å². The predicted octanol–water partition coefficient (Wildman–Crippen LogP) is 4.79. The molecule has 0 aliphatic carbocycles. The van der Waals surface area contributed by atoms with Crippen LogP contribution in [0, 0.1) is 0 Å². The fourth-order valence-electron chi connectivity index (χ4n) is 3.05. The van der Waals surface area contributed by atoms with E-state index in [9.17, 15) is 22.8 Å². The quantitative estimate of drug-likeness (QED) is 0.485. The smallest absolute Gasteiger partial charge is 0.416 e. The lowest BCUT2D eigenvalue weighted by atomic mass is 10.1. The number of methoxy groups -OCH3 is 1. The molecule has 1 aliphatic heterocycles. The molecule has 0 spiro atoms. The topological polar surface area (TPSA) is 46.6 Å². The van der Waals surface area contributed by atoms with E-state index in [1.165, 1.54) is 35.9 Å². The summed E-state index contributed by atoms with van der Waals surface area (Å²) >= 11 is 1.36. The number of benzene rings is 1. The van der Waals surface area contributed by atoms with Crippen LogP contribution in [0.15, 0.2) is 24.3 Å². The van der Waals surface area contributed by atoms with E-state index in [4.69, 9.17) is 4.74 Å². The van der Waals surface area contributed by atoms with Crippen LogP contribution in [0.2, 0.25) is 0 Å². The normalized spacial score (nSPS) is 20.0. The molecule has 0 radical (unpaired) electrons. The van der Waals surface area contributed by atoms with Crippen LogP contribution in [0.3, 0.4) is 0 Å². The maximum atomic E-state index is 12.8. The number of unbranched alkanes of at least 4 members (excludes halogenated alkanes) is 3. The van der Waals surface area contributed by atoms with Gasteiger partial charge >= 0.3 is 12.1 Å². The number of thioether (sulfide) groups is 1. The van der Waals surface area contributed by atoms with E-state index >= 15 is 0 Å². The molecule has 2 rings (SSSR count). The Morgan fingerprint density at radius 1 is 1.19 bits per heavy atom. The number of halogens is 3. The van der Waals surface area contributed by atoms with Crippen LogP contribution in [0.1, 0.15) is 55.5 Å². The molecule has 150 valence electrons. The van der Waals surface area contributed by atoms with E-state index in [0.717, 1.165) is 37.8 Å². The summed E-state index contributed by atoms with van der Waals surface area (Å²) in [5.41, 5.74) is -0.169. The molecule has 1 aliphatic rings. The van der Waals surface area contributed by atoms with Crippen LogP contribution in [0.4, 0.5) is 13.2 Å². The van der Waals surface area contributed by atoms with Crippen LogP contribution in [-0.2, 0) is 20.5 Å². The molecule has 1 aromatic rings. The number of nitrogens with zero attached hydrogens (tertiary/aromatic N) is 1. The summed E-state index contributed by atoms with van der Waals surface area (Å²) in [6, 6.07) is 4.04. The molecule has 1 heterocycles. The van der Waals surface area contributed by atoms with Crippen LogP contribution in [0.5, 0.6) is 0 Å². The van der Waals surface area contributed by atoms with Gasteiger partial charge in [-0.1, -0.05) is 38.3 Å². The number of ether oxygens (including phenoxy) is 1. The number of esters is 1. The molecular formula is C19H24F3NO3S. The monoisotopic (exact) mass is 403 g/mol. The summed E-state index contributed by atoms with van der Waals surface area (Å²) < 4.78 is 43.2. The zero-order chi connectivity index (χ0) is 20.0. The van der Waals surface area contributed by atoms with Crippen LogP contribution >= 0.6 is 11.8 Å². The number of rotatable bonds is 7. The zero-order valence-corrected chi connectivity index (χ0v) is 16.2. The van der Waals surface area contributed by atoms with Gasteiger partial charge in [-0.05, 0) is 24.1 Å². The fourth-order valence-corrected chi connectivity index (χ4v) is 4.49. The van der Waals surface area contributed by atoms with E-state index in [2.05, 4.69) is 6.92 Å². The Kier molecular flexibility index (Phi) is 7.59. The number of hydrogen-bond donors (Lipinski definition) is 0. The molecule has 1 fully saturated rings. The highest BCUT2D eigenvalue weighted by Gasteiger charge is 2.42. The zero-order valence-electron chi connectivity index (χ0n) is 15.4. The van der Waals surface area contributed by atoms with Gasteiger partial charge < -0.3 is 9.64 Å². The fraction of sp³-hybridized carbons (Fsp3) is 0.579. The lowest BCUT2D eigenvalue weighted by molar-refractivity contribution is -0.151. The molecule has 0 aromatic heterocycles. The molecule has 2 atom stereocenters. The van der Waals surface area contributed by atoms with Gasteiger partial charge in [0.15, 0.2) is 0 Å². The lowest BCUT2D eigenvalue weighted by Gasteiger charge is -2.28. The predicted molar refractivity (Wildman–Crippen MR) is 98.1 cm³/mol. The Morgan fingerprint density at radius 2 is 1.85 bits per heavy atom. The first-order valence-corrected chi connectivity index (χ1v) is 10.0. The molecule has 27 heavy (non-hydrogen) atoms. The van der Waals surface area contributed by atoms with Crippen molar-refractivity contribution < 1.29 is 27.5 Å². The summed E-state index contributed by atoms with van der Waals surface area (Å²) in [6.45, 7) is 2.08. The summed E-state index contributed by atoms with van der Waals surface area (Å²) in [5.74, 6) is -0.311. The van der Waals surface area contributed by atoms with E-state index in [0.29, 0.717) is 17.7 Å². The van der Waals surface area contributed by atoms with Crippen molar-refractivity contribution in [2.45, 2.75) is 56.6 Å². The summed E-state index contributed by atoms with van der Waals surface area (Å²) in [4.78, 5) is 26.3. The number of amides is 1. The number of carbonyl (C=O) groups is 2. The molecule has 8 heteroatoms. The molecule has 2 unspecified atom stereocenters. The first-order chi connectivity index (χ1) is 12.8. The Morgan fingerprint density at radius 3 is 2.41 bits per heavy atom. The highest BCUT2D eigenvalue weighted by molar-refractivity contribution is 7.99. The first kappa shape index (κ1) is 21.6. The minimum atomic E-state index is -4.41.